The summed E-state index contributed by atoms with van der Waals surface area (Å²) in [6.07, 6.45) is 12.8. The maximum atomic E-state index is 12.8. The van der Waals surface area contributed by atoms with Gasteiger partial charge in [-0.2, -0.15) is 0 Å². The van der Waals surface area contributed by atoms with Crippen LogP contribution < -0.4 is 42.5 Å². The summed E-state index contributed by atoms with van der Waals surface area (Å²) in [5.74, 6) is 1.16. The third kappa shape index (κ3) is 5.96. The zero-order chi connectivity index (χ0) is 33.6. The van der Waals surface area contributed by atoms with Gasteiger partial charge < -0.3 is 0 Å². The molecule has 5 saturated heterocycles. The van der Waals surface area contributed by atoms with Crippen molar-refractivity contribution in [3.8, 4) is 0 Å². The van der Waals surface area contributed by atoms with Gasteiger partial charge in [0.25, 0.3) is 12.1 Å². The molecule has 8 N–H and O–H groups in total. The largest absolute Gasteiger partial charge is 1.00 e. The van der Waals surface area contributed by atoms with Crippen LogP contribution in [0.5, 0.6) is 0 Å². The summed E-state index contributed by atoms with van der Waals surface area (Å²) >= 11 is 0. The molecular formula is C32H53AgN11O6+. The van der Waals surface area contributed by atoms with Gasteiger partial charge in [-0.3, -0.25) is 72.9 Å². The van der Waals surface area contributed by atoms with E-state index < -0.39 is 57.1 Å². The van der Waals surface area contributed by atoms with Crippen molar-refractivity contribution in [2.75, 3.05) is 0 Å². The number of nitro groups is 3. The average Bonchev–Trinajstić information content (AvgIpc) is 3.83. The second-order valence-corrected chi connectivity index (χ2v) is 16.9. The van der Waals surface area contributed by atoms with Crippen LogP contribution in [0.4, 0.5) is 0 Å². The van der Waals surface area contributed by atoms with Crippen molar-refractivity contribution in [3.05, 3.63) is 30.3 Å². The Bertz CT molecular complexity index is 1320. The fourth-order valence-corrected chi connectivity index (χ4v) is 12.8. The molecule has 19 atom stereocenters. The Balaban J connectivity index is 0.00000361. The van der Waals surface area contributed by atoms with E-state index >= 15 is 0 Å². The van der Waals surface area contributed by atoms with Crippen LogP contribution in [0, 0.1) is 77.7 Å². The van der Waals surface area contributed by atoms with Gasteiger partial charge in [0.15, 0.2) is 0 Å². The Morgan fingerprint density at radius 1 is 0.380 bits per heavy atom. The van der Waals surface area contributed by atoms with Gasteiger partial charge in [-0.15, -0.1) is 0 Å². The molecule has 282 valence electrons. The van der Waals surface area contributed by atoms with Crippen LogP contribution in [0.1, 0.15) is 83.5 Å². The predicted molar refractivity (Wildman–Crippen MR) is 176 cm³/mol. The monoisotopic (exact) mass is 794 g/mol. The van der Waals surface area contributed by atoms with E-state index in [0.29, 0.717) is 35.5 Å². The third-order valence-corrected chi connectivity index (χ3v) is 14.8. The van der Waals surface area contributed by atoms with Crippen molar-refractivity contribution in [3.63, 3.8) is 0 Å². The topological polar surface area (TPSA) is 226 Å². The van der Waals surface area contributed by atoms with E-state index in [4.69, 9.17) is 0 Å². The predicted octanol–water partition coefficient (Wildman–Crippen LogP) is 0.369. The summed E-state index contributed by atoms with van der Waals surface area (Å²) in [5, 5.41) is 68.6. The van der Waals surface area contributed by atoms with Gasteiger partial charge in [-0.05, 0) is 74.0 Å². The Labute approximate surface area is 307 Å². The Morgan fingerprint density at radius 3 is 0.940 bits per heavy atom. The Hall–Kier alpha value is -1.38. The van der Waals surface area contributed by atoms with Gasteiger partial charge in [0.05, 0.1) is 55.2 Å². The van der Waals surface area contributed by atoms with Crippen molar-refractivity contribution >= 4 is 0 Å². The third-order valence-electron chi connectivity index (χ3n) is 14.8. The number of nitrogens with zero attached hydrogens (tertiary/aromatic N) is 3. The summed E-state index contributed by atoms with van der Waals surface area (Å²) in [6.45, 7) is 0. The first-order valence-electron chi connectivity index (χ1n) is 19.3. The van der Waals surface area contributed by atoms with Crippen LogP contribution in [0.15, 0.2) is 0 Å². The molecule has 0 aromatic carbocycles. The summed E-state index contributed by atoms with van der Waals surface area (Å²) in [7, 11) is 0. The number of nitrogens with one attached hydrogen (secondary N) is 8. The molecule has 4 aliphatic carbocycles. The van der Waals surface area contributed by atoms with Crippen LogP contribution in [-0.4, -0.2) is 82.2 Å². The van der Waals surface area contributed by atoms with Crippen molar-refractivity contribution in [2.45, 2.75) is 151 Å². The SMILES string of the molecule is O=[N+]([O-])C1CC2C3NC4NC(NC5NC(NC6NC(NC(N3)C2C([N+](=O)[O-])C1[N+](=O)[O-])C1CCCCC61)C1CCCCC51)C1CCCCC41.[Ag+]. The molecule has 9 rings (SSSR count). The van der Waals surface area contributed by atoms with Gasteiger partial charge >= 0.3 is 28.4 Å². The molecule has 0 radical (unpaired) electrons. The zero-order valence-corrected chi connectivity index (χ0v) is 29.7. The van der Waals surface area contributed by atoms with Gasteiger partial charge in [-0.1, -0.05) is 38.5 Å². The standard InChI is InChI=1S/C32H53N11O6.Ag/c44-41(45)21-13-20-22(24(43(48)49)23(21)42(46)47)32-39-30-19-12-6-5-11-18(19)28(37-30)35-26-15-8-2-1-7-14(15)25(33-26)34-27-16-9-3-4-10-17(16)29(36-27)38-31(20)40-32;/h14-40H,1-13H2;/q;+1. The molecule has 0 aromatic heterocycles. The van der Waals surface area contributed by atoms with E-state index in [-0.39, 0.29) is 65.8 Å². The molecule has 4 saturated carbocycles. The molecule has 50 heavy (non-hydrogen) atoms. The Kier molecular flexibility index (Phi) is 10.1. The molecular weight excluding hydrogens is 742 g/mol. The second-order valence-electron chi connectivity index (χ2n) is 16.9. The maximum absolute atomic E-state index is 12.8. The summed E-state index contributed by atoms with van der Waals surface area (Å²) in [4.78, 5) is 35.5. The van der Waals surface area contributed by atoms with Crippen molar-refractivity contribution < 1.29 is 37.2 Å². The van der Waals surface area contributed by atoms with Crippen molar-refractivity contribution in [1.29, 1.82) is 0 Å². The van der Waals surface area contributed by atoms with E-state index in [2.05, 4.69) is 42.5 Å². The van der Waals surface area contributed by atoms with Gasteiger partial charge in [-0.25, -0.2) is 0 Å². The van der Waals surface area contributed by atoms with E-state index in [9.17, 15) is 30.3 Å². The molecule has 9 aliphatic rings. The first kappa shape index (κ1) is 35.6. The minimum Gasteiger partial charge on any atom is -0.286 e. The van der Waals surface area contributed by atoms with E-state index in [1.165, 1.54) is 32.1 Å². The molecule has 5 heterocycles. The molecule has 0 aromatic rings. The minimum atomic E-state index is -1.90. The van der Waals surface area contributed by atoms with Crippen LogP contribution in [0.25, 0.3) is 0 Å². The molecule has 0 spiro atoms. The zero-order valence-electron chi connectivity index (χ0n) is 28.3. The minimum absolute atomic E-state index is 0. The summed E-state index contributed by atoms with van der Waals surface area (Å²) in [6, 6.07) is -5.23. The summed E-state index contributed by atoms with van der Waals surface area (Å²) in [5.41, 5.74) is 0. The van der Waals surface area contributed by atoms with Gasteiger partial charge in [0, 0.05) is 27.1 Å². The van der Waals surface area contributed by atoms with E-state index in [0.717, 1.165) is 44.9 Å². The molecule has 0 amide bonds. The van der Waals surface area contributed by atoms with Crippen molar-refractivity contribution in [1.82, 2.24) is 42.5 Å². The molecule has 19 unspecified atom stereocenters. The average molecular weight is 796 g/mol. The number of hydrogen-bond acceptors (Lipinski definition) is 14. The summed E-state index contributed by atoms with van der Waals surface area (Å²) < 4.78 is 0. The van der Waals surface area contributed by atoms with Crippen LogP contribution >= 0.6 is 0 Å². The molecule has 5 aliphatic heterocycles. The normalized spacial score (nSPS) is 52.4. The molecule has 18 heteroatoms. The Morgan fingerprint density at radius 2 is 0.660 bits per heavy atom. The first-order valence-corrected chi connectivity index (χ1v) is 19.3. The van der Waals surface area contributed by atoms with E-state index in [1.807, 2.05) is 0 Å². The molecule has 8 bridgehead atoms. The van der Waals surface area contributed by atoms with Crippen molar-refractivity contribution in [2.24, 2.45) is 47.3 Å². The van der Waals surface area contributed by atoms with Crippen LogP contribution in [0.2, 0.25) is 0 Å². The molecule has 9 fully saturated rings. The van der Waals surface area contributed by atoms with Gasteiger partial charge in [0.1, 0.15) is 0 Å². The molecule has 17 nitrogen and oxygen atoms in total. The fourth-order valence-electron chi connectivity index (χ4n) is 12.8. The van der Waals surface area contributed by atoms with Crippen LogP contribution in [-0.2, 0) is 22.4 Å². The van der Waals surface area contributed by atoms with Crippen LogP contribution in [0.3, 0.4) is 0 Å². The number of rotatable bonds is 3. The quantitative estimate of drug-likeness (QED) is 0.110. The number of fused-ring (bicyclic) bond motifs is 20. The second kappa shape index (κ2) is 14.1. The number of hydrogen-bond donors (Lipinski definition) is 8. The maximum Gasteiger partial charge on any atom is 1.00 e. The van der Waals surface area contributed by atoms with Gasteiger partial charge in [0.2, 0.25) is 0 Å². The smallest absolute Gasteiger partial charge is 0.286 e. The van der Waals surface area contributed by atoms with E-state index in [1.54, 1.807) is 0 Å². The first-order chi connectivity index (χ1) is 23.8. The fraction of sp³-hybridized carbons (Fsp3) is 1.00.